The van der Waals surface area contributed by atoms with Crippen LogP contribution in [0.4, 0.5) is 4.79 Å². The Labute approximate surface area is 169 Å². The second-order valence-corrected chi connectivity index (χ2v) is 5.86. The molecule has 0 radical (unpaired) electrons. The molecular formula is C22H22N2O5. The third kappa shape index (κ3) is 6.70. The fourth-order valence-corrected chi connectivity index (χ4v) is 2.47. The standard InChI is InChI=1S/C22H22N2O5/c1-3-28-22(26)29-19-10-9-17(14-20(19)27-2)13-18(15-23)21(25)24-12-11-16-7-5-4-6-8-16/h4-10,13-14H,3,11-12H2,1-2H3,(H,24,25)/b18-13+. The number of hydrogen-bond acceptors (Lipinski definition) is 6. The highest BCUT2D eigenvalue weighted by molar-refractivity contribution is 6.01. The van der Waals surface area contributed by atoms with Gasteiger partial charge in [0.15, 0.2) is 11.5 Å². The molecule has 2 rings (SSSR count). The number of nitriles is 1. The zero-order valence-electron chi connectivity index (χ0n) is 16.3. The van der Waals surface area contributed by atoms with Gasteiger partial charge in [-0.05, 0) is 42.7 Å². The van der Waals surface area contributed by atoms with Gasteiger partial charge in [0.05, 0.1) is 13.7 Å². The number of rotatable bonds is 8. The molecule has 0 fully saturated rings. The molecule has 0 aliphatic carbocycles. The molecule has 0 bridgehead atoms. The topological polar surface area (TPSA) is 97.7 Å². The molecule has 0 saturated heterocycles. The van der Waals surface area contributed by atoms with Gasteiger partial charge in [-0.25, -0.2) is 4.79 Å². The Hall–Kier alpha value is -3.79. The van der Waals surface area contributed by atoms with Crippen molar-refractivity contribution in [2.24, 2.45) is 0 Å². The number of carbonyl (C=O) groups is 2. The van der Waals surface area contributed by atoms with E-state index >= 15 is 0 Å². The first-order valence-electron chi connectivity index (χ1n) is 9.04. The number of ether oxygens (including phenoxy) is 3. The molecule has 0 atom stereocenters. The van der Waals surface area contributed by atoms with Crippen LogP contribution >= 0.6 is 0 Å². The maximum Gasteiger partial charge on any atom is 0.513 e. The van der Waals surface area contributed by atoms with Gasteiger partial charge in [0, 0.05) is 6.54 Å². The Bertz CT molecular complexity index is 917. The van der Waals surface area contributed by atoms with Crippen LogP contribution < -0.4 is 14.8 Å². The van der Waals surface area contributed by atoms with Gasteiger partial charge in [-0.3, -0.25) is 4.79 Å². The van der Waals surface area contributed by atoms with Gasteiger partial charge in [-0.15, -0.1) is 0 Å². The first-order chi connectivity index (χ1) is 14.1. The monoisotopic (exact) mass is 394 g/mol. The summed E-state index contributed by atoms with van der Waals surface area (Å²) in [6.45, 7) is 2.27. The summed E-state index contributed by atoms with van der Waals surface area (Å²) < 4.78 is 15.0. The summed E-state index contributed by atoms with van der Waals surface area (Å²) in [5.74, 6) is -0.0169. The molecule has 7 heteroatoms. The number of amides is 1. The fourth-order valence-electron chi connectivity index (χ4n) is 2.47. The predicted molar refractivity (Wildman–Crippen MR) is 107 cm³/mol. The van der Waals surface area contributed by atoms with Gasteiger partial charge in [0.25, 0.3) is 5.91 Å². The van der Waals surface area contributed by atoms with E-state index in [4.69, 9.17) is 14.2 Å². The van der Waals surface area contributed by atoms with Crippen LogP contribution in [0.3, 0.4) is 0 Å². The Morgan fingerprint density at radius 1 is 1.14 bits per heavy atom. The SMILES string of the molecule is CCOC(=O)Oc1ccc(/C=C(\C#N)C(=O)NCCc2ccccc2)cc1OC. The van der Waals surface area contributed by atoms with Gasteiger partial charge in [0.1, 0.15) is 11.6 Å². The molecule has 7 nitrogen and oxygen atoms in total. The smallest absolute Gasteiger partial charge is 0.493 e. The lowest BCUT2D eigenvalue weighted by Gasteiger charge is -2.10. The number of methoxy groups -OCH3 is 1. The third-order valence-electron chi connectivity index (χ3n) is 3.86. The minimum absolute atomic E-state index is 0.0424. The Kier molecular flexibility index (Phi) is 8.27. The quantitative estimate of drug-likeness (QED) is 0.319. The minimum atomic E-state index is -0.843. The average Bonchev–Trinajstić information content (AvgIpc) is 2.73. The number of nitrogens with zero attached hydrogens (tertiary/aromatic N) is 1. The summed E-state index contributed by atoms with van der Waals surface area (Å²) >= 11 is 0. The molecule has 0 aromatic heterocycles. The van der Waals surface area contributed by atoms with Crippen molar-refractivity contribution in [2.45, 2.75) is 13.3 Å². The highest BCUT2D eigenvalue weighted by Gasteiger charge is 2.13. The number of carbonyl (C=O) groups excluding carboxylic acids is 2. The molecule has 1 N–H and O–H groups in total. The molecule has 0 saturated carbocycles. The second-order valence-electron chi connectivity index (χ2n) is 5.86. The van der Waals surface area contributed by atoms with E-state index < -0.39 is 12.1 Å². The van der Waals surface area contributed by atoms with Crippen LogP contribution in [0.15, 0.2) is 54.1 Å². The second kappa shape index (κ2) is 11.1. The molecule has 0 spiro atoms. The number of nitrogens with one attached hydrogen (secondary N) is 1. The Morgan fingerprint density at radius 2 is 1.90 bits per heavy atom. The molecule has 1 amide bonds. The van der Waals surface area contributed by atoms with Crippen molar-refractivity contribution in [1.82, 2.24) is 5.32 Å². The lowest BCUT2D eigenvalue weighted by molar-refractivity contribution is -0.117. The summed E-state index contributed by atoms with van der Waals surface area (Å²) in [4.78, 5) is 23.8. The van der Waals surface area contributed by atoms with Crippen LogP contribution in [-0.2, 0) is 16.0 Å². The lowest BCUT2D eigenvalue weighted by Crippen LogP contribution is -2.26. The Morgan fingerprint density at radius 3 is 2.55 bits per heavy atom. The zero-order valence-corrected chi connectivity index (χ0v) is 16.3. The summed E-state index contributed by atoms with van der Waals surface area (Å²) in [7, 11) is 1.42. The van der Waals surface area contributed by atoms with Crippen molar-refractivity contribution in [3.05, 3.63) is 65.2 Å². The summed E-state index contributed by atoms with van der Waals surface area (Å²) in [5.41, 5.74) is 1.60. The molecule has 2 aromatic carbocycles. The summed E-state index contributed by atoms with van der Waals surface area (Å²) in [6, 6.07) is 16.3. The van der Waals surface area contributed by atoms with Crippen LogP contribution in [0.2, 0.25) is 0 Å². The van der Waals surface area contributed by atoms with E-state index in [0.29, 0.717) is 18.5 Å². The maximum absolute atomic E-state index is 12.3. The molecule has 2 aromatic rings. The van der Waals surface area contributed by atoms with E-state index in [9.17, 15) is 14.9 Å². The first kappa shape index (κ1) is 21.5. The van der Waals surface area contributed by atoms with Gasteiger partial charge < -0.3 is 19.5 Å². The Balaban J connectivity index is 2.05. The molecule has 0 unspecified atom stereocenters. The van der Waals surface area contributed by atoms with Crippen LogP contribution in [-0.4, -0.2) is 32.3 Å². The van der Waals surface area contributed by atoms with Gasteiger partial charge in [-0.1, -0.05) is 36.4 Å². The van der Waals surface area contributed by atoms with Crippen molar-refractivity contribution >= 4 is 18.1 Å². The van der Waals surface area contributed by atoms with E-state index in [1.807, 2.05) is 36.4 Å². The zero-order chi connectivity index (χ0) is 21.1. The van der Waals surface area contributed by atoms with Crippen molar-refractivity contribution in [3.8, 4) is 17.6 Å². The van der Waals surface area contributed by atoms with E-state index in [-0.39, 0.29) is 23.7 Å². The molecule has 0 aliphatic heterocycles. The van der Waals surface area contributed by atoms with Gasteiger partial charge in [-0.2, -0.15) is 5.26 Å². The van der Waals surface area contributed by atoms with Crippen molar-refractivity contribution < 1.29 is 23.8 Å². The van der Waals surface area contributed by atoms with Crippen LogP contribution in [0.25, 0.3) is 6.08 Å². The predicted octanol–water partition coefficient (Wildman–Crippen LogP) is 3.50. The van der Waals surface area contributed by atoms with Crippen LogP contribution in [0, 0.1) is 11.3 Å². The molecule has 0 heterocycles. The van der Waals surface area contributed by atoms with E-state index in [1.54, 1.807) is 19.1 Å². The van der Waals surface area contributed by atoms with Gasteiger partial charge in [0.2, 0.25) is 0 Å². The first-order valence-corrected chi connectivity index (χ1v) is 9.04. The maximum atomic E-state index is 12.3. The van der Waals surface area contributed by atoms with Crippen molar-refractivity contribution in [3.63, 3.8) is 0 Å². The lowest BCUT2D eigenvalue weighted by atomic mass is 10.1. The number of hydrogen-bond donors (Lipinski definition) is 1. The van der Waals surface area contributed by atoms with E-state index in [2.05, 4.69) is 5.32 Å². The highest BCUT2D eigenvalue weighted by Crippen LogP contribution is 2.29. The normalized spacial score (nSPS) is 10.6. The molecule has 150 valence electrons. The van der Waals surface area contributed by atoms with E-state index in [1.165, 1.54) is 19.3 Å². The molecular weight excluding hydrogens is 372 g/mol. The third-order valence-corrected chi connectivity index (χ3v) is 3.86. The summed E-state index contributed by atoms with van der Waals surface area (Å²) in [6.07, 6.45) is 1.26. The largest absolute Gasteiger partial charge is 0.513 e. The van der Waals surface area contributed by atoms with Crippen molar-refractivity contribution in [1.29, 1.82) is 5.26 Å². The molecule has 0 aliphatic rings. The van der Waals surface area contributed by atoms with Crippen LogP contribution in [0.5, 0.6) is 11.5 Å². The molecule has 29 heavy (non-hydrogen) atoms. The summed E-state index contributed by atoms with van der Waals surface area (Å²) in [5, 5.41) is 12.1. The van der Waals surface area contributed by atoms with Crippen molar-refractivity contribution in [2.75, 3.05) is 20.3 Å². The fraction of sp³-hybridized carbons (Fsp3) is 0.227. The number of benzene rings is 2. The van der Waals surface area contributed by atoms with E-state index in [0.717, 1.165) is 5.56 Å². The van der Waals surface area contributed by atoms with Crippen LogP contribution in [0.1, 0.15) is 18.1 Å². The highest BCUT2D eigenvalue weighted by atomic mass is 16.7. The average molecular weight is 394 g/mol. The van der Waals surface area contributed by atoms with Gasteiger partial charge >= 0.3 is 6.16 Å². The minimum Gasteiger partial charge on any atom is -0.493 e.